The minimum atomic E-state index is -0.487. The number of nitro groups is 1. The van der Waals surface area contributed by atoms with Gasteiger partial charge in [0.1, 0.15) is 0 Å². The van der Waals surface area contributed by atoms with Crippen LogP contribution in [0.25, 0.3) is 11.2 Å². The van der Waals surface area contributed by atoms with Gasteiger partial charge < -0.3 is 0 Å². The van der Waals surface area contributed by atoms with Gasteiger partial charge in [0.25, 0.3) is 11.2 Å². The molecule has 162 valence electrons. The molecule has 2 heterocycles. The molecule has 11 nitrogen and oxygen atoms in total. The second-order valence-corrected chi connectivity index (χ2v) is 7.11. The van der Waals surface area contributed by atoms with Crippen LogP contribution in [0.1, 0.15) is 11.1 Å². The first kappa shape index (κ1) is 20.7. The van der Waals surface area contributed by atoms with Gasteiger partial charge in [0.05, 0.1) is 17.7 Å². The maximum atomic E-state index is 12.9. The smallest absolute Gasteiger partial charge is 0.298 e. The van der Waals surface area contributed by atoms with E-state index in [1.54, 1.807) is 23.7 Å². The number of hydrazone groups is 1. The number of non-ortho nitro benzene ring substituents is 1. The number of hydrogen-bond donors (Lipinski definition) is 1. The normalized spacial score (nSPS) is 11.3. The number of hydrogen-bond acceptors (Lipinski definition) is 7. The molecule has 1 N–H and O–H groups in total. The van der Waals surface area contributed by atoms with E-state index < -0.39 is 16.2 Å². The van der Waals surface area contributed by atoms with Crippen LogP contribution in [0.2, 0.25) is 0 Å². The monoisotopic (exact) mass is 433 g/mol. The number of rotatable bonds is 6. The Kier molecular flexibility index (Phi) is 5.37. The van der Waals surface area contributed by atoms with Gasteiger partial charge in [0.15, 0.2) is 11.2 Å². The lowest BCUT2D eigenvalue weighted by atomic mass is 10.2. The Labute approximate surface area is 181 Å². The van der Waals surface area contributed by atoms with Crippen LogP contribution in [0.5, 0.6) is 0 Å². The Morgan fingerprint density at radius 1 is 1.09 bits per heavy atom. The summed E-state index contributed by atoms with van der Waals surface area (Å²) in [6, 6.07) is 15.5. The number of nitrogens with zero attached hydrogens (tertiary/aromatic N) is 6. The van der Waals surface area contributed by atoms with E-state index in [9.17, 15) is 19.7 Å². The van der Waals surface area contributed by atoms with Crippen molar-refractivity contribution in [2.24, 2.45) is 19.2 Å². The average Bonchev–Trinajstić information content (AvgIpc) is 3.15. The van der Waals surface area contributed by atoms with Crippen molar-refractivity contribution in [1.82, 2.24) is 18.7 Å². The third-order valence-electron chi connectivity index (χ3n) is 4.99. The minimum absolute atomic E-state index is 0.0521. The summed E-state index contributed by atoms with van der Waals surface area (Å²) in [6.45, 7) is 0.319. The molecule has 0 aliphatic rings. The SMILES string of the molecule is Cn1c(=O)c2c(nc(N/N=C/c3cccc([N+](=O)[O-])c3)n2Cc2ccccc2)n(C)c1=O. The highest BCUT2D eigenvalue weighted by atomic mass is 16.6. The van der Waals surface area contributed by atoms with Gasteiger partial charge in [-0.1, -0.05) is 42.5 Å². The number of aromatic nitrogens is 4. The van der Waals surface area contributed by atoms with Crippen LogP contribution < -0.4 is 16.7 Å². The van der Waals surface area contributed by atoms with Gasteiger partial charge in [-0.3, -0.25) is 28.6 Å². The van der Waals surface area contributed by atoms with E-state index in [0.717, 1.165) is 10.1 Å². The number of imidazole rings is 1. The Bertz CT molecular complexity index is 1470. The largest absolute Gasteiger partial charge is 0.332 e. The van der Waals surface area contributed by atoms with Crippen molar-refractivity contribution in [1.29, 1.82) is 0 Å². The molecule has 4 aromatic rings. The van der Waals surface area contributed by atoms with Crippen LogP contribution in [0, 0.1) is 10.1 Å². The molecule has 0 spiro atoms. The standard InChI is InChI=1S/C21H19N7O4/c1-25-18-17(19(29)26(2)21(25)30)27(13-14-7-4-3-5-8-14)20(23-18)24-22-12-15-9-6-10-16(11-15)28(31)32/h3-12H,13H2,1-2H3,(H,23,24)/b22-12+. The van der Waals surface area contributed by atoms with Crippen molar-refractivity contribution in [3.05, 3.63) is 96.7 Å². The van der Waals surface area contributed by atoms with Gasteiger partial charge in [-0.2, -0.15) is 10.1 Å². The van der Waals surface area contributed by atoms with Crippen LogP contribution in [-0.2, 0) is 20.6 Å². The van der Waals surface area contributed by atoms with Crippen molar-refractivity contribution >= 4 is 29.0 Å². The molecule has 0 saturated heterocycles. The maximum absolute atomic E-state index is 12.9. The van der Waals surface area contributed by atoms with Crippen molar-refractivity contribution in [2.75, 3.05) is 5.43 Å². The molecule has 0 bridgehead atoms. The molecule has 2 aromatic carbocycles. The average molecular weight is 433 g/mol. The van der Waals surface area contributed by atoms with E-state index in [1.807, 2.05) is 30.3 Å². The van der Waals surface area contributed by atoms with Crippen LogP contribution >= 0.6 is 0 Å². The summed E-state index contributed by atoms with van der Waals surface area (Å²) in [6.07, 6.45) is 1.41. The van der Waals surface area contributed by atoms with E-state index >= 15 is 0 Å². The molecule has 0 fully saturated rings. The Hall–Kier alpha value is -4.54. The van der Waals surface area contributed by atoms with Crippen molar-refractivity contribution < 1.29 is 4.92 Å². The van der Waals surface area contributed by atoms with Crippen molar-refractivity contribution in [3.63, 3.8) is 0 Å². The molecule has 4 rings (SSSR count). The quantitative estimate of drug-likeness (QED) is 0.281. The summed E-state index contributed by atoms with van der Waals surface area (Å²) < 4.78 is 3.98. The Morgan fingerprint density at radius 3 is 2.56 bits per heavy atom. The molecule has 0 amide bonds. The van der Waals surface area contributed by atoms with Gasteiger partial charge in [0, 0.05) is 31.8 Å². The molecule has 11 heteroatoms. The molecule has 2 aromatic heterocycles. The molecular weight excluding hydrogens is 414 g/mol. The zero-order valence-electron chi connectivity index (χ0n) is 17.3. The first-order valence-electron chi connectivity index (χ1n) is 9.60. The number of benzene rings is 2. The highest BCUT2D eigenvalue weighted by Gasteiger charge is 2.19. The fourth-order valence-electron chi connectivity index (χ4n) is 3.33. The topological polar surface area (TPSA) is 129 Å². The highest BCUT2D eigenvalue weighted by Crippen LogP contribution is 2.18. The van der Waals surface area contributed by atoms with Gasteiger partial charge in [-0.15, -0.1) is 0 Å². The van der Waals surface area contributed by atoms with Gasteiger partial charge in [-0.25, -0.2) is 10.2 Å². The fraction of sp³-hybridized carbons (Fsp3) is 0.143. The lowest BCUT2D eigenvalue weighted by Gasteiger charge is -2.09. The second-order valence-electron chi connectivity index (χ2n) is 7.11. The molecular formula is C21H19N7O4. The van der Waals surface area contributed by atoms with Crippen molar-refractivity contribution in [2.45, 2.75) is 6.54 Å². The van der Waals surface area contributed by atoms with Crippen LogP contribution in [0.3, 0.4) is 0 Å². The minimum Gasteiger partial charge on any atom is -0.298 e. The predicted octanol–water partition coefficient (Wildman–Crippen LogP) is 1.84. The van der Waals surface area contributed by atoms with Gasteiger partial charge >= 0.3 is 5.69 Å². The van der Waals surface area contributed by atoms with E-state index in [-0.39, 0.29) is 22.8 Å². The third-order valence-corrected chi connectivity index (χ3v) is 4.99. The lowest BCUT2D eigenvalue weighted by Crippen LogP contribution is -2.37. The number of fused-ring (bicyclic) bond motifs is 1. The molecule has 0 saturated carbocycles. The molecule has 0 radical (unpaired) electrons. The summed E-state index contributed by atoms with van der Waals surface area (Å²) in [7, 11) is 2.96. The first-order valence-corrected chi connectivity index (χ1v) is 9.60. The first-order chi connectivity index (χ1) is 15.4. The molecule has 0 atom stereocenters. The molecule has 0 aliphatic heterocycles. The van der Waals surface area contributed by atoms with Crippen molar-refractivity contribution in [3.8, 4) is 0 Å². The predicted molar refractivity (Wildman–Crippen MR) is 120 cm³/mol. The van der Waals surface area contributed by atoms with Crippen LogP contribution in [0.15, 0.2) is 69.3 Å². The third kappa shape index (κ3) is 3.78. The summed E-state index contributed by atoms with van der Waals surface area (Å²) >= 11 is 0. The summed E-state index contributed by atoms with van der Waals surface area (Å²) in [4.78, 5) is 40.1. The molecule has 0 unspecified atom stereocenters. The molecule has 32 heavy (non-hydrogen) atoms. The van der Waals surface area contributed by atoms with E-state index in [2.05, 4.69) is 15.5 Å². The number of nitro benzene ring substituents is 1. The number of aryl methyl sites for hydroxylation is 1. The van der Waals surface area contributed by atoms with Crippen LogP contribution in [0.4, 0.5) is 11.6 Å². The fourth-order valence-corrected chi connectivity index (χ4v) is 3.33. The summed E-state index contributed by atoms with van der Waals surface area (Å²) in [5.41, 5.74) is 3.71. The molecule has 0 aliphatic carbocycles. The van der Waals surface area contributed by atoms with Crippen LogP contribution in [-0.4, -0.2) is 29.8 Å². The van der Waals surface area contributed by atoms with E-state index in [1.165, 1.54) is 30.0 Å². The van der Waals surface area contributed by atoms with Gasteiger partial charge in [-0.05, 0) is 5.56 Å². The zero-order valence-corrected chi connectivity index (χ0v) is 17.3. The number of anilines is 1. The second kappa shape index (κ2) is 8.30. The Morgan fingerprint density at radius 2 is 1.84 bits per heavy atom. The van der Waals surface area contributed by atoms with Gasteiger partial charge in [0.2, 0.25) is 5.95 Å². The maximum Gasteiger partial charge on any atom is 0.332 e. The zero-order chi connectivity index (χ0) is 22.8. The van der Waals surface area contributed by atoms with E-state index in [4.69, 9.17) is 0 Å². The number of nitrogens with one attached hydrogen (secondary N) is 1. The highest BCUT2D eigenvalue weighted by molar-refractivity contribution is 5.81. The Balaban J connectivity index is 1.79. The summed E-state index contributed by atoms with van der Waals surface area (Å²) in [5.74, 6) is 0.254. The van der Waals surface area contributed by atoms with E-state index in [0.29, 0.717) is 12.1 Å². The lowest BCUT2D eigenvalue weighted by molar-refractivity contribution is -0.384. The summed E-state index contributed by atoms with van der Waals surface area (Å²) in [5, 5.41) is 15.1.